The van der Waals surface area contributed by atoms with E-state index in [1.807, 2.05) is 0 Å². The summed E-state index contributed by atoms with van der Waals surface area (Å²) >= 11 is 5.06. The third-order valence-corrected chi connectivity index (χ3v) is 3.46. The molecule has 0 spiro atoms. The van der Waals surface area contributed by atoms with Gasteiger partial charge in [-0.15, -0.1) is 0 Å². The van der Waals surface area contributed by atoms with Gasteiger partial charge >= 0.3 is 5.88 Å². The summed E-state index contributed by atoms with van der Waals surface area (Å²) in [5.41, 5.74) is 0. The minimum Gasteiger partial charge on any atom is -0.313 e. The van der Waals surface area contributed by atoms with Crippen molar-refractivity contribution < 1.29 is 14.1 Å². The molecule has 0 aromatic carbocycles. The van der Waals surface area contributed by atoms with Crippen LogP contribution in [0.3, 0.4) is 0 Å². The Morgan fingerprint density at radius 3 is 2.80 bits per heavy atom. The molecule has 1 saturated heterocycles. The number of hydrogen-bond donors (Lipinski definition) is 1. The topological polar surface area (TPSA) is 65.5 Å². The number of nitrogens with zero attached hydrogens (tertiary/aromatic N) is 4. The molecule has 1 N–H and O–H groups in total. The second kappa shape index (κ2) is 6.76. The summed E-state index contributed by atoms with van der Waals surface area (Å²) in [6.45, 7) is 8.58. The summed E-state index contributed by atoms with van der Waals surface area (Å²) in [5, 5.41) is 8.95. The molecule has 1 fully saturated rings. The van der Waals surface area contributed by atoms with Crippen molar-refractivity contribution >= 4 is 28.9 Å². The normalized spacial score (nSPS) is 16.2. The van der Waals surface area contributed by atoms with E-state index in [9.17, 15) is 4.79 Å². The average molecular weight is 298 g/mol. The SMILES string of the molecule is CCN1CCN([n+]2cc(NC(=S)CC(C)=O)on2)CC1. The second-order valence-corrected chi connectivity index (χ2v) is 5.29. The number of thiocarbonyl (C=S) groups is 1. The monoisotopic (exact) mass is 298 g/mol. The van der Waals surface area contributed by atoms with Gasteiger partial charge < -0.3 is 5.32 Å². The zero-order valence-corrected chi connectivity index (χ0v) is 12.7. The highest BCUT2D eigenvalue weighted by Crippen LogP contribution is 2.04. The molecule has 0 aliphatic carbocycles. The number of hydrogen-bond acceptors (Lipinski definition) is 6. The van der Waals surface area contributed by atoms with Crippen LogP contribution in [0.1, 0.15) is 20.3 Å². The standard InChI is InChI=1S/C12H19N5O2S/c1-3-15-4-6-16(7-5-15)17-9-11(19-14-17)13-12(20)8-10(2)18/h9H,3-8H2,1-2H3/p+1. The van der Waals surface area contributed by atoms with Gasteiger partial charge in [-0.2, -0.15) is 5.01 Å². The lowest BCUT2D eigenvalue weighted by molar-refractivity contribution is -0.759. The van der Waals surface area contributed by atoms with Gasteiger partial charge in [-0.05, 0) is 13.5 Å². The molecule has 1 aliphatic rings. The van der Waals surface area contributed by atoms with E-state index in [-0.39, 0.29) is 12.2 Å². The van der Waals surface area contributed by atoms with E-state index in [1.54, 1.807) is 11.0 Å². The molecule has 0 radical (unpaired) electrons. The van der Waals surface area contributed by atoms with Crippen LogP contribution >= 0.6 is 12.2 Å². The highest BCUT2D eigenvalue weighted by atomic mass is 32.1. The zero-order valence-electron chi connectivity index (χ0n) is 11.8. The molecule has 0 saturated carbocycles. The zero-order chi connectivity index (χ0) is 14.5. The summed E-state index contributed by atoms with van der Waals surface area (Å²) < 4.78 is 5.17. The summed E-state index contributed by atoms with van der Waals surface area (Å²) in [7, 11) is 0. The molecule has 0 bridgehead atoms. The Hall–Kier alpha value is -1.54. The lowest BCUT2D eigenvalue weighted by Gasteiger charge is -2.28. The van der Waals surface area contributed by atoms with Gasteiger partial charge in [0.2, 0.25) is 5.27 Å². The highest BCUT2D eigenvalue weighted by Gasteiger charge is 2.25. The number of carbonyl (C=O) groups is 1. The predicted molar refractivity (Wildman–Crippen MR) is 78.3 cm³/mol. The van der Waals surface area contributed by atoms with Crippen LogP contribution < -0.4 is 15.1 Å². The summed E-state index contributed by atoms with van der Waals surface area (Å²) in [6.07, 6.45) is 1.96. The van der Waals surface area contributed by atoms with Crippen molar-refractivity contribution in [2.24, 2.45) is 0 Å². The maximum atomic E-state index is 11.0. The molecule has 0 atom stereocenters. The smallest absolute Gasteiger partial charge is 0.304 e. The molecule has 0 amide bonds. The molecule has 1 aromatic rings. The molecule has 1 aromatic heterocycles. The summed E-state index contributed by atoms with van der Waals surface area (Å²) in [6, 6.07) is 0. The van der Waals surface area contributed by atoms with Crippen molar-refractivity contribution in [1.29, 1.82) is 0 Å². The molecule has 8 heteroatoms. The summed E-state index contributed by atoms with van der Waals surface area (Å²) in [5.74, 6) is 0.472. The number of anilines is 1. The van der Waals surface area contributed by atoms with Crippen LogP contribution in [-0.4, -0.2) is 53.7 Å². The van der Waals surface area contributed by atoms with E-state index >= 15 is 0 Å². The number of nitrogens with one attached hydrogen (secondary N) is 1. The van der Waals surface area contributed by atoms with Crippen LogP contribution in [-0.2, 0) is 4.79 Å². The molecule has 2 heterocycles. The fourth-order valence-corrected chi connectivity index (χ4v) is 2.40. The van der Waals surface area contributed by atoms with Crippen LogP contribution in [0.15, 0.2) is 10.7 Å². The Bertz CT molecular complexity index is 482. The largest absolute Gasteiger partial charge is 0.313 e. The van der Waals surface area contributed by atoms with Crippen molar-refractivity contribution in [3.8, 4) is 0 Å². The first-order valence-corrected chi connectivity index (χ1v) is 7.15. The maximum Gasteiger partial charge on any atom is 0.304 e. The first-order valence-electron chi connectivity index (χ1n) is 6.74. The lowest BCUT2D eigenvalue weighted by Crippen LogP contribution is -2.65. The van der Waals surface area contributed by atoms with Crippen molar-refractivity contribution in [1.82, 2.24) is 10.2 Å². The van der Waals surface area contributed by atoms with Gasteiger partial charge in [0.15, 0.2) is 0 Å². The van der Waals surface area contributed by atoms with Crippen LogP contribution in [0.2, 0.25) is 0 Å². The lowest BCUT2D eigenvalue weighted by atomic mass is 10.3. The number of ketones is 1. The molecule has 20 heavy (non-hydrogen) atoms. The Morgan fingerprint density at radius 2 is 2.20 bits per heavy atom. The van der Waals surface area contributed by atoms with Crippen LogP contribution in [0.4, 0.5) is 5.88 Å². The van der Waals surface area contributed by atoms with Gasteiger partial charge in [-0.3, -0.25) is 14.2 Å². The quantitative estimate of drug-likeness (QED) is 0.604. The van der Waals surface area contributed by atoms with E-state index < -0.39 is 0 Å². The van der Waals surface area contributed by atoms with Gasteiger partial charge in [0, 0.05) is 13.1 Å². The van der Waals surface area contributed by atoms with Crippen molar-refractivity contribution in [2.45, 2.75) is 20.3 Å². The Labute approximate surface area is 123 Å². The minimum atomic E-state index is 0.0191. The van der Waals surface area contributed by atoms with Crippen LogP contribution in [0.5, 0.6) is 0 Å². The number of likely N-dealkylation sites (N-methyl/N-ethyl adjacent to an activating group) is 1. The number of Topliss-reactive ketones (excluding diaryl/α,β-unsaturated/α-hetero) is 1. The first kappa shape index (κ1) is 14.9. The molecule has 110 valence electrons. The third-order valence-electron chi connectivity index (χ3n) is 3.21. The fourth-order valence-electron chi connectivity index (χ4n) is 2.09. The van der Waals surface area contributed by atoms with Crippen molar-refractivity contribution in [3.05, 3.63) is 6.20 Å². The maximum absolute atomic E-state index is 11.0. The van der Waals surface area contributed by atoms with E-state index in [1.165, 1.54) is 6.92 Å². The van der Waals surface area contributed by atoms with Gasteiger partial charge in [0.1, 0.15) is 5.78 Å². The molecular weight excluding hydrogens is 278 g/mol. The highest BCUT2D eigenvalue weighted by molar-refractivity contribution is 7.80. The van der Waals surface area contributed by atoms with Crippen LogP contribution in [0, 0.1) is 0 Å². The Kier molecular flexibility index (Phi) is 5.02. The fraction of sp³-hybridized carbons (Fsp3) is 0.667. The molecule has 0 unspecified atom stereocenters. The molecule has 1 aliphatic heterocycles. The van der Waals surface area contributed by atoms with E-state index in [2.05, 4.69) is 27.4 Å². The second-order valence-electron chi connectivity index (χ2n) is 4.80. The van der Waals surface area contributed by atoms with Gasteiger partial charge in [0.05, 0.1) is 29.3 Å². The van der Waals surface area contributed by atoms with E-state index in [0.717, 1.165) is 32.7 Å². The van der Waals surface area contributed by atoms with E-state index in [4.69, 9.17) is 16.7 Å². The van der Waals surface area contributed by atoms with Crippen molar-refractivity contribution in [3.63, 3.8) is 0 Å². The third kappa shape index (κ3) is 3.97. The minimum absolute atomic E-state index is 0.0191. The average Bonchev–Trinajstić information content (AvgIpc) is 2.86. The van der Waals surface area contributed by atoms with Crippen LogP contribution in [0.25, 0.3) is 0 Å². The Balaban J connectivity index is 1.89. The van der Waals surface area contributed by atoms with Gasteiger partial charge in [-0.1, -0.05) is 19.1 Å². The number of piperazine rings is 1. The molecule has 2 rings (SSSR count). The van der Waals surface area contributed by atoms with Gasteiger partial charge in [0.25, 0.3) is 6.20 Å². The Morgan fingerprint density at radius 1 is 1.50 bits per heavy atom. The number of carbonyl (C=O) groups excluding carboxylic acids is 1. The molecule has 7 nitrogen and oxygen atoms in total. The number of aromatic nitrogens is 2. The number of rotatable bonds is 5. The predicted octanol–water partition coefficient (Wildman–Crippen LogP) is -0.0460. The van der Waals surface area contributed by atoms with Crippen molar-refractivity contribution in [2.75, 3.05) is 43.0 Å². The molecular formula is C12H20N5O2S+. The first-order chi connectivity index (χ1) is 9.58. The van der Waals surface area contributed by atoms with E-state index in [0.29, 0.717) is 10.9 Å². The summed E-state index contributed by atoms with van der Waals surface area (Å²) in [4.78, 5) is 15.5. The van der Waals surface area contributed by atoms with Gasteiger partial charge in [-0.25, -0.2) is 0 Å².